The number of nitrogens with zero attached hydrogens (tertiary/aromatic N) is 1. The van der Waals surface area contributed by atoms with E-state index in [1.807, 2.05) is 6.92 Å². The molecule has 0 radical (unpaired) electrons. The van der Waals surface area contributed by atoms with Crippen LogP contribution in [0.25, 0.3) is 0 Å². The summed E-state index contributed by atoms with van der Waals surface area (Å²) in [5, 5.41) is 3.36. The van der Waals surface area contributed by atoms with Gasteiger partial charge in [0, 0.05) is 19.2 Å². The van der Waals surface area contributed by atoms with Crippen LogP contribution in [0, 0.1) is 0 Å². The summed E-state index contributed by atoms with van der Waals surface area (Å²) in [5.74, 6) is -0.128. The number of hydrogen-bond acceptors (Lipinski definition) is 5. The first-order valence-electron chi connectivity index (χ1n) is 7.62. The Labute approximate surface area is 123 Å². The number of carbonyl (C=O) groups is 1. The van der Waals surface area contributed by atoms with E-state index in [0.29, 0.717) is 12.1 Å². The van der Waals surface area contributed by atoms with Gasteiger partial charge >= 0.3 is 5.97 Å². The van der Waals surface area contributed by atoms with Gasteiger partial charge in [-0.3, -0.25) is 9.69 Å². The molecule has 0 saturated heterocycles. The lowest BCUT2D eigenvalue weighted by molar-refractivity contribution is -0.148. The summed E-state index contributed by atoms with van der Waals surface area (Å²) >= 11 is 0. The average molecular weight is 286 g/mol. The van der Waals surface area contributed by atoms with E-state index < -0.39 is 5.54 Å². The fourth-order valence-corrected chi connectivity index (χ4v) is 3.52. The lowest BCUT2D eigenvalue weighted by atomic mass is 9.97. The molecule has 0 bridgehead atoms. The van der Waals surface area contributed by atoms with Crippen molar-refractivity contribution in [3.63, 3.8) is 0 Å². The maximum absolute atomic E-state index is 12.2. The second-order valence-corrected chi connectivity index (χ2v) is 5.64. The number of ether oxygens (including phenoxy) is 2. The monoisotopic (exact) mass is 286 g/mol. The Morgan fingerprint density at radius 3 is 2.65 bits per heavy atom. The van der Waals surface area contributed by atoms with Crippen molar-refractivity contribution in [2.75, 3.05) is 33.9 Å². The number of hydrogen-bond donors (Lipinski definition) is 1. The molecule has 0 aliphatic heterocycles. The summed E-state index contributed by atoms with van der Waals surface area (Å²) in [6, 6.07) is 0.772. The number of carbonyl (C=O) groups excluding carboxylic acids is 1. The third-order valence-corrected chi connectivity index (χ3v) is 4.39. The molecule has 1 aliphatic carbocycles. The van der Waals surface area contributed by atoms with Gasteiger partial charge in [0.25, 0.3) is 0 Å². The van der Waals surface area contributed by atoms with Crippen LogP contribution in [-0.4, -0.2) is 62.4 Å². The molecule has 1 aliphatic rings. The van der Waals surface area contributed by atoms with Crippen molar-refractivity contribution in [1.29, 1.82) is 0 Å². The van der Waals surface area contributed by atoms with Crippen molar-refractivity contribution >= 4 is 5.97 Å². The van der Waals surface area contributed by atoms with Crippen LogP contribution in [0.4, 0.5) is 0 Å². The Hall–Kier alpha value is -0.650. The molecule has 5 nitrogen and oxygen atoms in total. The highest BCUT2D eigenvalue weighted by Crippen LogP contribution is 2.35. The zero-order valence-corrected chi connectivity index (χ0v) is 13.6. The van der Waals surface area contributed by atoms with Crippen molar-refractivity contribution in [2.24, 2.45) is 0 Å². The largest absolute Gasteiger partial charge is 0.468 e. The van der Waals surface area contributed by atoms with Crippen molar-refractivity contribution in [2.45, 2.75) is 57.7 Å². The summed E-state index contributed by atoms with van der Waals surface area (Å²) in [6.45, 7) is 8.84. The Bertz CT molecular complexity index is 311. The maximum atomic E-state index is 12.2. The van der Waals surface area contributed by atoms with E-state index in [0.717, 1.165) is 39.0 Å². The highest BCUT2D eigenvalue weighted by Gasteiger charge is 2.47. The van der Waals surface area contributed by atoms with Gasteiger partial charge in [-0.25, -0.2) is 0 Å². The number of methoxy groups -OCH3 is 2. The van der Waals surface area contributed by atoms with Gasteiger partial charge in [0.15, 0.2) is 0 Å². The number of esters is 1. The van der Waals surface area contributed by atoms with Gasteiger partial charge in [-0.1, -0.05) is 13.8 Å². The van der Waals surface area contributed by atoms with Gasteiger partial charge in [0.05, 0.1) is 13.7 Å². The molecule has 1 saturated carbocycles. The summed E-state index contributed by atoms with van der Waals surface area (Å²) in [5.41, 5.74) is -0.506. The minimum Gasteiger partial charge on any atom is -0.468 e. The van der Waals surface area contributed by atoms with E-state index in [1.54, 1.807) is 7.11 Å². The standard InChI is InChI=1S/C15H30N2O3/c1-6-16-15(14(18)20-5)9-8-13(10-15)17(7-2)12(3)11-19-4/h12-13,16H,6-11H2,1-5H3. The third kappa shape index (κ3) is 3.71. The summed E-state index contributed by atoms with van der Waals surface area (Å²) in [4.78, 5) is 14.6. The fraction of sp³-hybridized carbons (Fsp3) is 0.933. The maximum Gasteiger partial charge on any atom is 0.326 e. The van der Waals surface area contributed by atoms with Gasteiger partial charge < -0.3 is 14.8 Å². The van der Waals surface area contributed by atoms with Crippen molar-refractivity contribution in [3.05, 3.63) is 0 Å². The topological polar surface area (TPSA) is 50.8 Å². The highest BCUT2D eigenvalue weighted by molar-refractivity contribution is 5.81. The Kier molecular flexibility index (Phi) is 6.92. The van der Waals surface area contributed by atoms with E-state index in [-0.39, 0.29) is 5.97 Å². The molecular weight excluding hydrogens is 256 g/mol. The quantitative estimate of drug-likeness (QED) is 0.684. The van der Waals surface area contributed by atoms with E-state index in [9.17, 15) is 4.79 Å². The number of nitrogens with one attached hydrogen (secondary N) is 1. The van der Waals surface area contributed by atoms with E-state index in [2.05, 4.69) is 24.1 Å². The minimum absolute atomic E-state index is 0.128. The second kappa shape index (κ2) is 7.96. The van der Waals surface area contributed by atoms with Crippen LogP contribution in [0.15, 0.2) is 0 Å². The Morgan fingerprint density at radius 2 is 2.15 bits per heavy atom. The van der Waals surface area contributed by atoms with E-state index in [4.69, 9.17) is 9.47 Å². The smallest absolute Gasteiger partial charge is 0.326 e. The highest BCUT2D eigenvalue weighted by atomic mass is 16.5. The molecule has 20 heavy (non-hydrogen) atoms. The molecule has 3 unspecified atom stereocenters. The SMILES string of the molecule is CCNC1(C(=O)OC)CCC(N(CC)C(C)COC)C1. The van der Waals surface area contributed by atoms with Gasteiger partial charge in [-0.2, -0.15) is 0 Å². The normalized spacial score (nSPS) is 27.8. The zero-order valence-electron chi connectivity index (χ0n) is 13.6. The van der Waals surface area contributed by atoms with Crippen LogP contribution >= 0.6 is 0 Å². The van der Waals surface area contributed by atoms with Crippen LogP contribution in [0.5, 0.6) is 0 Å². The fourth-order valence-electron chi connectivity index (χ4n) is 3.52. The molecule has 3 atom stereocenters. The summed E-state index contributed by atoms with van der Waals surface area (Å²) in [6.07, 6.45) is 2.67. The van der Waals surface area contributed by atoms with Crippen molar-refractivity contribution < 1.29 is 14.3 Å². The Balaban J connectivity index is 2.78. The zero-order chi connectivity index (χ0) is 15.2. The number of rotatable bonds is 8. The molecule has 0 aromatic carbocycles. The molecular formula is C15H30N2O3. The predicted molar refractivity (Wildman–Crippen MR) is 79.8 cm³/mol. The van der Waals surface area contributed by atoms with Gasteiger partial charge in [-0.15, -0.1) is 0 Å². The van der Waals surface area contributed by atoms with Crippen LogP contribution in [-0.2, 0) is 14.3 Å². The van der Waals surface area contributed by atoms with Gasteiger partial charge in [0.2, 0.25) is 0 Å². The Morgan fingerprint density at radius 1 is 1.45 bits per heavy atom. The lowest BCUT2D eigenvalue weighted by Gasteiger charge is -2.34. The van der Waals surface area contributed by atoms with Gasteiger partial charge in [0.1, 0.15) is 5.54 Å². The molecule has 1 N–H and O–H groups in total. The van der Waals surface area contributed by atoms with Crippen LogP contribution in [0.3, 0.4) is 0 Å². The molecule has 0 aromatic rings. The van der Waals surface area contributed by atoms with Crippen LogP contribution in [0.1, 0.15) is 40.0 Å². The van der Waals surface area contributed by atoms with Crippen LogP contribution < -0.4 is 5.32 Å². The lowest BCUT2D eigenvalue weighted by Crippen LogP contribution is -2.52. The second-order valence-electron chi connectivity index (χ2n) is 5.64. The summed E-state index contributed by atoms with van der Waals surface area (Å²) in [7, 11) is 3.20. The molecule has 0 heterocycles. The molecule has 118 valence electrons. The van der Waals surface area contributed by atoms with E-state index >= 15 is 0 Å². The molecule has 1 rings (SSSR count). The molecule has 1 fully saturated rings. The predicted octanol–water partition coefficient (Wildman–Crippen LogP) is 1.42. The van der Waals surface area contributed by atoms with E-state index in [1.165, 1.54) is 7.11 Å². The first kappa shape index (κ1) is 17.4. The number of likely N-dealkylation sites (N-methyl/N-ethyl adjacent to an activating group) is 2. The first-order valence-corrected chi connectivity index (χ1v) is 7.62. The first-order chi connectivity index (χ1) is 9.54. The summed E-state index contributed by atoms with van der Waals surface area (Å²) < 4.78 is 10.3. The average Bonchev–Trinajstić information content (AvgIpc) is 2.85. The molecule has 0 aromatic heterocycles. The van der Waals surface area contributed by atoms with Crippen LogP contribution in [0.2, 0.25) is 0 Å². The van der Waals surface area contributed by atoms with Gasteiger partial charge in [-0.05, 0) is 39.3 Å². The third-order valence-electron chi connectivity index (χ3n) is 4.39. The molecule has 0 spiro atoms. The minimum atomic E-state index is -0.506. The molecule has 0 amide bonds. The molecule has 5 heteroatoms. The van der Waals surface area contributed by atoms with Crippen molar-refractivity contribution in [3.8, 4) is 0 Å². The van der Waals surface area contributed by atoms with Crippen molar-refractivity contribution in [1.82, 2.24) is 10.2 Å².